The van der Waals surface area contributed by atoms with E-state index in [0.717, 1.165) is 6.42 Å². The summed E-state index contributed by atoms with van der Waals surface area (Å²) >= 11 is 0. The van der Waals surface area contributed by atoms with Gasteiger partial charge in [0.15, 0.2) is 0 Å². The molecule has 0 aromatic carbocycles. The zero-order valence-corrected chi connectivity index (χ0v) is 8.19. The molecule has 1 nitrogen and oxygen atoms in total. The molecule has 0 aliphatic heterocycles. The first-order valence-corrected chi connectivity index (χ1v) is 4.48. The van der Waals surface area contributed by atoms with Crippen LogP contribution in [0.2, 0.25) is 0 Å². The van der Waals surface area contributed by atoms with Crippen molar-refractivity contribution in [3.63, 3.8) is 0 Å². The predicted molar refractivity (Wildman–Crippen MR) is 51.8 cm³/mol. The van der Waals surface area contributed by atoms with Gasteiger partial charge in [-0.1, -0.05) is 19.1 Å². The highest BCUT2D eigenvalue weighted by atomic mass is 15.0. The molecule has 66 valence electrons. The number of hydrogen-bond donors (Lipinski definition) is 0. The first-order chi connectivity index (χ1) is 5.16. The van der Waals surface area contributed by atoms with Gasteiger partial charge in [-0.2, -0.15) is 0 Å². The third-order valence-electron chi connectivity index (χ3n) is 1.89. The van der Waals surface area contributed by atoms with Gasteiger partial charge >= 0.3 is 0 Å². The van der Waals surface area contributed by atoms with E-state index in [1.165, 1.54) is 31.4 Å². The van der Waals surface area contributed by atoms with E-state index < -0.39 is 0 Å². The van der Waals surface area contributed by atoms with Crippen molar-refractivity contribution in [2.45, 2.75) is 32.6 Å². The Morgan fingerprint density at radius 3 is 2.36 bits per heavy atom. The van der Waals surface area contributed by atoms with Crippen molar-refractivity contribution in [2.24, 2.45) is 0 Å². The van der Waals surface area contributed by atoms with Gasteiger partial charge in [0.2, 0.25) is 0 Å². The van der Waals surface area contributed by atoms with Gasteiger partial charge in [0.25, 0.3) is 0 Å². The molecule has 0 fully saturated rings. The van der Waals surface area contributed by atoms with Crippen LogP contribution in [0.4, 0.5) is 0 Å². The van der Waals surface area contributed by atoms with Crippen LogP contribution in [0.5, 0.6) is 0 Å². The summed E-state index contributed by atoms with van der Waals surface area (Å²) in [5.41, 5.74) is 1.39. The van der Waals surface area contributed by atoms with Crippen molar-refractivity contribution in [3.05, 3.63) is 12.2 Å². The fourth-order valence-electron chi connectivity index (χ4n) is 0.980. The Labute approximate surface area is 71.1 Å². The molecule has 0 spiro atoms. The average molecular weight is 155 g/mol. The predicted octanol–water partition coefficient (Wildman–Crippen LogP) is 2.68. The molecule has 11 heavy (non-hydrogen) atoms. The maximum absolute atomic E-state index is 3.98. The number of rotatable bonds is 6. The van der Waals surface area contributed by atoms with Crippen molar-refractivity contribution in [1.82, 2.24) is 4.90 Å². The van der Waals surface area contributed by atoms with Crippen molar-refractivity contribution in [2.75, 3.05) is 20.6 Å². The molecular formula is C10H21N. The summed E-state index contributed by atoms with van der Waals surface area (Å²) in [6.07, 6.45) is 4.95. The van der Waals surface area contributed by atoms with E-state index in [0.29, 0.717) is 0 Å². The molecule has 0 rings (SSSR count). The molecule has 0 aromatic rings. The van der Waals surface area contributed by atoms with E-state index in [9.17, 15) is 0 Å². The highest BCUT2D eigenvalue weighted by Gasteiger charge is 1.92. The molecule has 0 aromatic heterocycles. The van der Waals surface area contributed by atoms with Crippen LogP contribution in [0.1, 0.15) is 32.6 Å². The summed E-state index contributed by atoms with van der Waals surface area (Å²) in [6, 6.07) is 0. The smallest absolute Gasteiger partial charge is 0.00247 e. The van der Waals surface area contributed by atoms with Crippen LogP contribution >= 0.6 is 0 Å². The van der Waals surface area contributed by atoms with Gasteiger partial charge in [0.05, 0.1) is 0 Å². The summed E-state index contributed by atoms with van der Waals surface area (Å²) in [5.74, 6) is 0. The van der Waals surface area contributed by atoms with Gasteiger partial charge in [0, 0.05) is 0 Å². The fourth-order valence-corrected chi connectivity index (χ4v) is 0.980. The Bertz CT molecular complexity index is 105. The Morgan fingerprint density at radius 2 is 1.91 bits per heavy atom. The molecule has 0 aliphatic carbocycles. The van der Waals surface area contributed by atoms with Crippen molar-refractivity contribution in [3.8, 4) is 0 Å². The normalized spacial score (nSPS) is 10.5. The van der Waals surface area contributed by atoms with Crippen LogP contribution in [0.3, 0.4) is 0 Å². The number of nitrogens with zero attached hydrogens (tertiary/aromatic N) is 1. The Kier molecular flexibility index (Phi) is 6.24. The van der Waals surface area contributed by atoms with Crippen molar-refractivity contribution in [1.29, 1.82) is 0 Å². The lowest BCUT2D eigenvalue weighted by molar-refractivity contribution is 0.394. The quantitative estimate of drug-likeness (QED) is 0.421. The number of allylic oxidation sites excluding steroid dienone is 1. The highest BCUT2D eigenvalue weighted by molar-refractivity contribution is 4.91. The molecule has 0 saturated heterocycles. The minimum atomic E-state index is 1.14. The zero-order valence-electron chi connectivity index (χ0n) is 8.19. The minimum absolute atomic E-state index is 1.14. The average Bonchev–Trinajstić information content (AvgIpc) is 1.97. The standard InChI is InChI=1S/C10H21N/c1-5-10(2)8-6-7-9-11(3)4/h2,5-9H2,1,3-4H3. The zero-order chi connectivity index (χ0) is 8.69. The first kappa shape index (κ1) is 10.7. The summed E-state index contributed by atoms with van der Waals surface area (Å²) in [4.78, 5) is 2.23. The van der Waals surface area contributed by atoms with Gasteiger partial charge in [-0.15, -0.1) is 0 Å². The van der Waals surface area contributed by atoms with Gasteiger partial charge in [-0.05, 0) is 46.3 Å². The lowest BCUT2D eigenvalue weighted by atomic mass is 10.1. The molecule has 1 heteroatoms. The van der Waals surface area contributed by atoms with Gasteiger partial charge in [-0.3, -0.25) is 0 Å². The number of unbranched alkanes of at least 4 members (excludes halogenated alkanes) is 1. The van der Waals surface area contributed by atoms with E-state index in [1.54, 1.807) is 0 Å². The van der Waals surface area contributed by atoms with E-state index in [4.69, 9.17) is 0 Å². The summed E-state index contributed by atoms with van der Waals surface area (Å²) in [6.45, 7) is 7.36. The molecule has 0 atom stereocenters. The second-order valence-electron chi connectivity index (χ2n) is 3.36. The van der Waals surface area contributed by atoms with Crippen LogP contribution in [-0.4, -0.2) is 25.5 Å². The third kappa shape index (κ3) is 7.60. The van der Waals surface area contributed by atoms with Crippen LogP contribution in [0.15, 0.2) is 12.2 Å². The van der Waals surface area contributed by atoms with Crippen molar-refractivity contribution < 1.29 is 0 Å². The lowest BCUT2D eigenvalue weighted by Crippen LogP contribution is -2.12. The lowest BCUT2D eigenvalue weighted by Gasteiger charge is -2.08. The molecule has 0 saturated carbocycles. The summed E-state index contributed by atoms with van der Waals surface area (Å²) < 4.78 is 0. The van der Waals surface area contributed by atoms with E-state index in [1.807, 2.05) is 0 Å². The maximum Gasteiger partial charge on any atom is -0.00247 e. The third-order valence-corrected chi connectivity index (χ3v) is 1.89. The van der Waals surface area contributed by atoms with Gasteiger partial charge in [-0.25, -0.2) is 0 Å². The summed E-state index contributed by atoms with van der Waals surface area (Å²) in [7, 11) is 4.24. The van der Waals surface area contributed by atoms with E-state index >= 15 is 0 Å². The largest absolute Gasteiger partial charge is 0.309 e. The maximum atomic E-state index is 3.98. The molecule has 0 N–H and O–H groups in total. The molecule has 0 aliphatic rings. The van der Waals surface area contributed by atoms with Gasteiger partial charge in [0.1, 0.15) is 0 Å². The minimum Gasteiger partial charge on any atom is -0.309 e. The van der Waals surface area contributed by atoms with Gasteiger partial charge < -0.3 is 4.90 Å². The van der Waals surface area contributed by atoms with Crippen LogP contribution < -0.4 is 0 Å². The molecular weight excluding hydrogens is 134 g/mol. The second-order valence-corrected chi connectivity index (χ2v) is 3.36. The Balaban J connectivity index is 3.08. The number of hydrogen-bond acceptors (Lipinski definition) is 1. The van der Waals surface area contributed by atoms with E-state index in [2.05, 4.69) is 32.5 Å². The second kappa shape index (κ2) is 6.41. The monoisotopic (exact) mass is 155 g/mol. The molecule has 0 bridgehead atoms. The molecule has 0 amide bonds. The molecule has 0 radical (unpaired) electrons. The Morgan fingerprint density at radius 1 is 1.27 bits per heavy atom. The highest BCUT2D eigenvalue weighted by Crippen LogP contribution is 2.07. The van der Waals surface area contributed by atoms with Crippen LogP contribution in [0, 0.1) is 0 Å². The molecule has 0 unspecified atom stereocenters. The van der Waals surface area contributed by atoms with Crippen LogP contribution in [0.25, 0.3) is 0 Å². The topological polar surface area (TPSA) is 3.24 Å². The van der Waals surface area contributed by atoms with Crippen molar-refractivity contribution >= 4 is 0 Å². The fraction of sp³-hybridized carbons (Fsp3) is 0.800. The Hall–Kier alpha value is -0.300. The summed E-state index contributed by atoms with van der Waals surface area (Å²) in [5, 5.41) is 0. The van der Waals surface area contributed by atoms with E-state index in [-0.39, 0.29) is 0 Å². The first-order valence-electron chi connectivity index (χ1n) is 4.48. The van der Waals surface area contributed by atoms with Crippen LogP contribution in [-0.2, 0) is 0 Å². The SMILES string of the molecule is C=C(CC)CCCCN(C)C. The molecule has 0 heterocycles.